The molecule has 0 aliphatic carbocycles. The van der Waals surface area contributed by atoms with Crippen molar-refractivity contribution >= 4 is 11.8 Å². The maximum atomic E-state index is 11.4. The Morgan fingerprint density at radius 1 is 1.56 bits per heavy atom. The van der Waals surface area contributed by atoms with E-state index in [0.29, 0.717) is 0 Å². The second-order valence-corrected chi connectivity index (χ2v) is 3.69. The first-order valence-corrected chi connectivity index (χ1v) is 4.60. The highest BCUT2D eigenvalue weighted by Crippen LogP contribution is 2.18. The van der Waals surface area contributed by atoms with E-state index in [4.69, 9.17) is 5.11 Å². The molecule has 8 heteroatoms. The lowest BCUT2D eigenvalue weighted by Crippen LogP contribution is -2.74. The number of rotatable bonds is 2. The summed E-state index contributed by atoms with van der Waals surface area (Å²) in [5, 5.41) is 41.4. The predicted octanol–water partition coefficient (Wildman–Crippen LogP) is -3.98. The van der Waals surface area contributed by atoms with Crippen molar-refractivity contribution in [1.82, 2.24) is 10.6 Å². The van der Waals surface area contributed by atoms with Crippen molar-refractivity contribution in [1.29, 1.82) is 0 Å². The molecule has 92 valence electrons. The molecule has 1 saturated heterocycles. The van der Waals surface area contributed by atoms with Crippen LogP contribution in [0, 0.1) is 0 Å². The van der Waals surface area contributed by atoms with Gasteiger partial charge in [-0.25, -0.2) is 0 Å². The van der Waals surface area contributed by atoms with Crippen LogP contribution in [0.1, 0.15) is 6.92 Å². The minimum absolute atomic E-state index is 0.569. The first-order valence-electron chi connectivity index (χ1n) is 4.60. The van der Waals surface area contributed by atoms with E-state index in [-0.39, 0.29) is 0 Å². The Kier molecular flexibility index (Phi) is 3.48. The first-order chi connectivity index (χ1) is 7.31. The molecule has 1 aliphatic heterocycles. The van der Waals surface area contributed by atoms with Gasteiger partial charge in [-0.1, -0.05) is 0 Å². The number of amides is 2. The van der Waals surface area contributed by atoms with E-state index in [1.54, 1.807) is 0 Å². The average Bonchev–Trinajstić information content (AvgIpc) is 2.21. The summed E-state index contributed by atoms with van der Waals surface area (Å²) in [6.07, 6.45) is -3.50. The van der Waals surface area contributed by atoms with E-state index in [0.717, 1.165) is 6.92 Å². The number of piperidine rings is 1. The fraction of sp³-hybridized carbons (Fsp3) is 0.750. The molecule has 0 bridgehead atoms. The molecule has 2 amide bonds. The predicted molar refractivity (Wildman–Crippen MR) is 49.8 cm³/mol. The van der Waals surface area contributed by atoms with Crippen LogP contribution in [0.4, 0.5) is 0 Å². The van der Waals surface area contributed by atoms with Crippen molar-refractivity contribution in [2.75, 3.05) is 6.61 Å². The molecule has 0 saturated carbocycles. The number of nitrogens with one attached hydrogen (secondary N) is 2. The van der Waals surface area contributed by atoms with Gasteiger partial charge in [-0.2, -0.15) is 0 Å². The monoisotopic (exact) mass is 234 g/mol. The lowest BCUT2D eigenvalue weighted by atomic mass is 9.91. The van der Waals surface area contributed by atoms with Crippen LogP contribution in [0.5, 0.6) is 0 Å². The molecule has 0 spiro atoms. The van der Waals surface area contributed by atoms with Crippen LogP contribution in [-0.4, -0.2) is 62.8 Å². The molecule has 8 nitrogen and oxygen atoms in total. The zero-order valence-electron chi connectivity index (χ0n) is 8.54. The molecular formula is C8H14N2O6. The summed E-state index contributed by atoms with van der Waals surface area (Å²) in [6.45, 7) is 0.184. The molecule has 1 heterocycles. The number of hydrogen-bond donors (Lipinski definition) is 6. The van der Waals surface area contributed by atoms with Gasteiger partial charge in [0, 0.05) is 6.92 Å². The van der Waals surface area contributed by atoms with Crippen molar-refractivity contribution in [3.63, 3.8) is 0 Å². The summed E-state index contributed by atoms with van der Waals surface area (Å²) in [7, 11) is 0. The molecule has 0 aromatic rings. The normalized spacial score (nSPS) is 39.1. The molecule has 0 aromatic carbocycles. The summed E-state index contributed by atoms with van der Waals surface area (Å²) >= 11 is 0. The summed E-state index contributed by atoms with van der Waals surface area (Å²) in [5.74, 6) is -1.45. The number of carbonyl (C=O) groups is 2. The zero-order chi connectivity index (χ0) is 12.5. The molecule has 0 unspecified atom stereocenters. The maximum absolute atomic E-state index is 11.4. The first kappa shape index (κ1) is 12.8. The standard InChI is InChI=1S/C8H14N2O6/c1-3(12)9-4-5(13)6(14)8(16,2-11)10-7(4)15/h4-6,11,13-14,16H,2H2,1H3,(H,9,12)(H,10,15)/t4-,5-,6+,8-/m1/s1. The second kappa shape index (κ2) is 4.34. The van der Waals surface area contributed by atoms with Crippen LogP contribution < -0.4 is 10.6 Å². The van der Waals surface area contributed by atoms with Crippen molar-refractivity contribution in [3.05, 3.63) is 0 Å². The Morgan fingerprint density at radius 2 is 2.12 bits per heavy atom. The zero-order valence-corrected chi connectivity index (χ0v) is 8.54. The van der Waals surface area contributed by atoms with Gasteiger partial charge in [0.1, 0.15) is 18.2 Å². The highest BCUT2D eigenvalue weighted by Gasteiger charge is 2.51. The van der Waals surface area contributed by atoms with Crippen LogP contribution in [0.3, 0.4) is 0 Å². The topological polar surface area (TPSA) is 139 Å². The average molecular weight is 234 g/mol. The van der Waals surface area contributed by atoms with Crippen molar-refractivity contribution in [2.45, 2.75) is 30.9 Å². The number of aliphatic hydroxyl groups is 4. The number of hydrogen-bond acceptors (Lipinski definition) is 6. The summed E-state index contributed by atoms with van der Waals surface area (Å²) in [5.41, 5.74) is -2.30. The van der Waals surface area contributed by atoms with Crippen LogP contribution in [0.2, 0.25) is 0 Å². The Balaban J connectivity index is 2.88. The van der Waals surface area contributed by atoms with Crippen LogP contribution >= 0.6 is 0 Å². The van der Waals surface area contributed by atoms with Crippen LogP contribution in [-0.2, 0) is 9.59 Å². The van der Waals surface area contributed by atoms with Crippen molar-refractivity contribution in [3.8, 4) is 0 Å². The minimum atomic E-state index is -2.30. The third kappa shape index (κ3) is 2.14. The molecular weight excluding hydrogens is 220 g/mol. The Morgan fingerprint density at radius 3 is 2.56 bits per heavy atom. The molecule has 6 N–H and O–H groups in total. The highest BCUT2D eigenvalue weighted by molar-refractivity contribution is 5.88. The fourth-order valence-electron chi connectivity index (χ4n) is 1.49. The molecule has 16 heavy (non-hydrogen) atoms. The van der Waals surface area contributed by atoms with Crippen molar-refractivity contribution in [2.24, 2.45) is 0 Å². The number of aliphatic hydroxyl groups excluding tert-OH is 3. The molecule has 1 aliphatic rings. The summed E-state index contributed by atoms with van der Waals surface area (Å²) in [6, 6.07) is -1.36. The smallest absolute Gasteiger partial charge is 0.247 e. The van der Waals surface area contributed by atoms with E-state index in [9.17, 15) is 24.9 Å². The Labute approximate surface area is 90.9 Å². The largest absolute Gasteiger partial charge is 0.391 e. The van der Waals surface area contributed by atoms with Gasteiger partial charge in [-0.05, 0) is 0 Å². The van der Waals surface area contributed by atoms with Gasteiger partial charge >= 0.3 is 0 Å². The van der Waals surface area contributed by atoms with Crippen molar-refractivity contribution < 1.29 is 30.0 Å². The minimum Gasteiger partial charge on any atom is -0.391 e. The lowest BCUT2D eigenvalue weighted by Gasteiger charge is -2.42. The Hall–Kier alpha value is -1.22. The maximum Gasteiger partial charge on any atom is 0.247 e. The lowest BCUT2D eigenvalue weighted by molar-refractivity contribution is -0.195. The summed E-state index contributed by atoms with van der Waals surface area (Å²) in [4.78, 5) is 22.1. The third-order valence-electron chi connectivity index (χ3n) is 2.38. The summed E-state index contributed by atoms with van der Waals surface area (Å²) < 4.78 is 0. The second-order valence-electron chi connectivity index (χ2n) is 3.69. The van der Waals surface area contributed by atoms with Gasteiger partial charge in [0.2, 0.25) is 11.8 Å². The van der Waals surface area contributed by atoms with Gasteiger partial charge < -0.3 is 31.1 Å². The molecule has 4 atom stereocenters. The Bertz CT molecular complexity index is 309. The van der Waals surface area contributed by atoms with Gasteiger partial charge in [0.05, 0.1) is 6.61 Å². The van der Waals surface area contributed by atoms with Gasteiger partial charge in [0.15, 0.2) is 5.72 Å². The van der Waals surface area contributed by atoms with Crippen LogP contribution in [0.15, 0.2) is 0 Å². The van der Waals surface area contributed by atoms with E-state index < -0.39 is 42.4 Å². The van der Waals surface area contributed by atoms with E-state index in [1.807, 2.05) is 5.32 Å². The van der Waals surface area contributed by atoms with Crippen LogP contribution in [0.25, 0.3) is 0 Å². The van der Waals surface area contributed by atoms with Gasteiger partial charge in [-0.15, -0.1) is 0 Å². The quantitative estimate of drug-likeness (QED) is 0.288. The molecule has 0 aromatic heterocycles. The SMILES string of the molecule is CC(=O)N[C@H]1C(=O)N[C@@](O)(CO)[C@@H](O)[C@@H]1O. The van der Waals surface area contributed by atoms with E-state index in [1.165, 1.54) is 0 Å². The van der Waals surface area contributed by atoms with Gasteiger partial charge in [-0.3, -0.25) is 9.59 Å². The molecule has 1 fully saturated rings. The fourth-order valence-corrected chi connectivity index (χ4v) is 1.49. The van der Waals surface area contributed by atoms with E-state index in [2.05, 4.69) is 5.32 Å². The molecule has 1 rings (SSSR count). The van der Waals surface area contributed by atoms with Gasteiger partial charge in [0.25, 0.3) is 0 Å². The number of carbonyl (C=O) groups excluding carboxylic acids is 2. The highest BCUT2D eigenvalue weighted by atomic mass is 16.4. The molecule has 0 radical (unpaired) electrons. The van der Waals surface area contributed by atoms with E-state index >= 15 is 0 Å². The third-order valence-corrected chi connectivity index (χ3v) is 2.38.